The Morgan fingerprint density at radius 2 is 2.00 bits per heavy atom. The van der Waals surface area contributed by atoms with Gasteiger partial charge in [-0.2, -0.15) is 0 Å². The van der Waals surface area contributed by atoms with E-state index in [9.17, 15) is 0 Å². The van der Waals surface area contributed by atoms with Gasteiger partial charge >= 0.3 is 51.4 Å². The van der Waals surface area contributed by atoms with Gasteiger partial charge in [-0.05, 0) is 0 Å². The molecule has 0 saturated heterocycles. The molecule has 0 fully saturated rings. The van der Waals surface area contributed by atoms with Crippen molar-refractivity contribution in [2.75, 3.05) is 0 Å². The maximum Gasteiger partial charge on any atom is 1.00 e. The quantitative estimate of drug-likeness (QED) is 0.433. The van der Waals surface area contributed by atoms with Crippen molar-refractivity contribution in [1.82, 2.24) is 0 Å². The molecule has 0 amide bonds. The van der Waals surface area contributed by atoms with E-state index in [1.165, 1.54) is 0 Å². The van der Waals surface area contributed by atoms with Gasteiger partial charge in [0.05, 0.1) is 0 Å². The van der Waals surface area contributed by atoms with Crippen LogP contribution in [-0.4, -0.2) is 6.04 Å². The number of nitrogens with one attached hydrogen (secondary N) is 1. The van der Waals surface area contributed by atoms with E-state index in [-0.39, 0.29) is 57.4 Å². The summed E-state index contributed by atoms with van der Waals surface area (Å²) in [4.78, 5) is 0. The third-order valence-corrected chi connectivity index (χ3v) is 0.722. The van der Waals surface area contributed by atoms with Crippen LogP contribution in [0.1, 0.15) is 26.7 Å². The normalized spacial score (nSPS) is 12.4. The molecule has 0 aliphatic heterocycles. The van der Waals surface area contributed by atoms with Crippen LogP contribution >= 0.6 is 0 Å². The monoisotopic (exact) mass is 125 g/mol. The van der Waals surface area contributed by atoms with Crippen LogP contribution in [0.5, 0.6) is 0 Å². The fourth-order valence-electron chi connectivity index (χ4n) is 0.433. The van der Waals surface area contributed by atoms with Gasteiger partial charge in [-0.1, -0.05) is 26.7 Å². The minimum Gasteiger partial charge on any atom is -0.675 e. The molecule has 0 aromatic rings. The summed E-state index contributed by atoms with van der Waals surface area (Å²) in [5.41, 5.74) is 6.98. The first-order valence-corrected chi connectivity index (χ1v) is 2.48. The Labute approximate surface area is 88.5 Å². The topological polar surface area (TPSA) is 23.8 Å². The molecule has 1 atom stereocenters. The van der Waals surface area contributed by atoms with Crippen LogP contribution in [0.15, 0.2) is 0 Å². The molecule has 0 heterocycles. The van der Waals surface area contributed by atoms with E-state index in [1.807, 2.05) is 6.92 Å². The van der Waals surface area contributed by atoms with E-state index in [1.54, 1.807) is 0 Å². The predicted octanol–water partition coefficient (Wildman–Crippen LogP) is -0.769. The maximum absolute atomic E-state index is 6.98. The molecule has 0 saturated carbocycles. The molecular formula is C5H12KN. The van der Waals surface area contributed by atoms with Crippen molar-refractivity contribution in [3.8, 4) is 0 Å². The average molecular weight is 125 g/mol. The molecule has 0 aliphatic rings. The molecule has 1 nitrogen and oxygen atoms in total. The molecule has 7 heavy (non-hydrogen) atoms. The van der Waals surface area contributed by atoms with Crippen molar-refractivity contribution in [3.05, 3.63) is 5.73 Å². The van der Waals surface area contributed by atoms with Crippen LogP contribution in [0.25, 0.3) is 5.73 Å². The summed E-state index contributed by atoms with van der Waals surface area (Å²) in [5.74, 6) is 0. The smallest absolute Gasteiger partial charge is 0.675 e. The molecule has 0 aromatic carbocycles. The fraction of sp³-hybridized carbons (Fsp3) is 1.00. The van der Waals surface area contributed by atoms with Crippen molar-refractivity contribution in [2.24, 2.45) is 0 Å². The summed E-state index contributed by atoms with van der Waals surface area (Å²) in [6.45, 7) is 4.02. The Morgan fingerprint density at radius 3 is 2.00 bits per heavy atom. The third kappa shape index (κ3) is 11.3. The summed E-state index contributed by atoms with van der Waals surface area (Å²) in [7, 11) is 0. The molecule has 0 rings (SSSR count). The molecule has 0 aliphatic carbocycles. The van der Waals surface area contributed by atoms with Gasteiger partial charge in [0.25, 0.3) is 0 Å². The zero-order valence-corrected chi connectivity index (χ0v) is 8.61. The Morgan fingerprint density at radius 1 is 1.57 bits per heavy atom. The van der Waals surface area contributed by atoms with Crippen LogP contribution in [0, 0.1) is 0 Å². The van der Waals surface area contributed by atoms with Gasteiger partial charge in [0, 0.05) is 0 Å². The van der Waals surface area contributed by atoms with Crippen LogP contribution in [0.3, 0.4) is 0 Å². The van der Waals surface area contributed by atoms with Crippen LogP contribution < -0.4 is 51.4 Å². The van der Waals surface area contributed by atoms with Gasteiger partial charge in [-0.15, -0.1) is 6.04 Å². The fourth-order valence-corrected chi connectivity index (χ4v) is 0.433. The Hall–Kier alpha value is 1.60. The number of hydrogen-bond donors (Lipinski definition) is 0. The zero-order valence-electron chi connectivity index (χ0n) is 5.49. The van der Waals surface area contributed by atoms with E-state index in [2.05, 4.69) is 6.92 Å². The van der Waals surface area contributed by atoms with E-state index >= 15 is 0 Å². The molecule has 0 spiro atoms. The molecule has 0 aromatic heterocycles. The Balaban J connectivity index is 0. The van der Waals surface area contributed by atoms with Gasteiger partial charge < -0.3 is 5.73 Å². The molecule has 38 valence electrons. The van der Waals surface area contributed by atoms with Crippen molar-refractivity contribution >= 4 is 0 Å². The SMILES string of the molecule is CCCC(C)[NH-].[K+]. The summed E-state index contributed by atoms with van der Waals surface area (Å²) in [5, 5.41) is 0. The predicted molar refractivity (Wildman–Crippen MR) is 28.7 cm³/mol. The summed E-state index contributed by atoms with van der Waals surface area (Å²) in [6, 6.07) is 0.148. The first-order chi connectivity index (χ1) is 2.77. The Kier molecular flexibility index (Phi) is 12.4. The van der Waals surface area contributed by atoms with E-state index in [4.69, 9.17) is 5.73 Å². The van der Waals surface area contributed by atoms with Crippen LogP contribution in [-0.2, 0) is 0 Å². The van der Waals surface area contributed by atoms with Crippen molar-refractivity contribution in [2.45, 2.75) is 32.7 Å². The molecule has 0 radical (unpaired) electrons. The first kappa shape index (κ1) is 11.4. The van der Waals surface area contributed by atoms with Gasteiger partial charge in [0.15, 0.2) is 0 Å². The molecule has 1 unspecified atom stereocenters. The molecule has 1 N–H and O–H groups in total. The maximum atomic E-state index is 6.98. The molecule has 2 heteroatoms. The third-order valence-electron chi connectivity index (χ3n) is 0.722. The zero-order chi connectivity index (χ0) is 4.99. The van der Waals surface area contributed by atoms with Crippen LogP contribution in [0.4, 0.5) is 0 Å². The minimum atomic E-state index is 0. The second kappa shape index (κ2) is 7.60. The summed E-state index contributed by atoms with van der Waals surface area (Å²) in [6.07, 6.45) is 2.19. The largest absolute Gasteiger partial charge is 1.00 e. The van der Waals surface area contributed by atoms with Gasteiger partial charge in [0.2, 0.25) is 0 Å². The van der Waals surface area contributed by atoms with Gasteiger partial charge in [0.1, 0.15) is 0 Å². The average Bonchev–Trinajstić information content (AvgIpc) is 1.35. The number of hydrogen-bond acceptors (Lipinski definition) is 0. The van der Waals surface area contributed by atoms with E-state index in [0.717, 1.165) is 12.8 Å². The van der Waals surface area contributed by atoms with E-state index < -0.39 is 0 Å². The first-order valence-electron chi connectivity index (χ1n) is 2.48. The van der Waals surface area contributed by atoms with Gasteiger partial charge in [-0.25, -0.2) is 0 Å². The van der Waals surface area contributed by atoms with Crippen LogP contribution in [0.2, 0.25) is 0 Å². The minimum absolute atomic E-state index is 0. The summed E-state index contributed by atoms with van der Waals surface area (Å²) < 4.78 is 0. The second-order valence-electron chi connectivity index (χ2n) is 1.69. The van der Waals surface area contributed by atoms with Crippen molar-refractivity contribution in [1.29, 1.82) is 0 Å². The van der Waals surface area contributed by atoms with Crippen molar-refractivity contribution < 1.29 is 51.4 Å². The van der Waals surface area contributed by atoms with E-state index in [0.29, 0.717) is 0 Å². The number of rotatable bonds is 2. The molecular weight excluding hydrogens is 113 g/mol. The second-order valence-corrected chi connectivity index (χ2v) is 1.69. The van der Waals surface area contributed by atoms with Gasteiger partial charge in [-0.3, -0.25) is 0 Å². The Bertz CT molecular complexity index is 29.3. The summed E-state index contributed by atoms with van der Waals surface area (Å²) >= 11 is 0. The molecule has 0 bridgehead atoms. The standard InChI is InChI=1S/C5H12N.K/c1-3-4-5(2)6;/h5-6H,3-4H2,1-2H3;/q-1;+1. The van der Waals surface area contributed by atoms with Crippen molar-refractivity contribution in [3.63, 3.8) is 0 Å².